The highest BCUT2D eigenvalue weighted by atomic mass is 79.9. The van der Waals surface area contributed by atoms with Crippen molar-refractivity contribution in [2.45, 2.75) is 6.54 Å². The molecule has 0 radical (unpaired) electrons. The second-order valence-electron chi connectivity index (χ2n) is 2.43. The molecule has 1 aliphatic rings. The molecule has 56 valence electrons. The highest BCUT2D eigenvalue weighted by Gasteiger charge is 2.09. The molecule has 2 rings (SSSR count). The lowest BCUT2D eigenvalue weighted by atomic mass is 10.1. The average Bonchev–Trinajstić information content (AvgIpc) is 2.36. The van der Waals surface area contributed by atoms with E-state index in [1.807, 2.05) is 0 Å². The van der Waals surface area contributed by atoms with Crippen LogP contribution in [0.2, 0.25) is 0 Å². The van der Waals surface area contributed by atoms with Gasteiger partial charge in [0, 0.05) is 11.8 Å². The van der Waals surface area contributed by atoms with Gasteiger partial charge in [-0.25, -0.2) is 4.39 Å². The summed E-state index contributed by atoms with van der Waals surface area (Å²) in [4.78, 5) is 4.02. The van der Waals surface area contributed by atoms with Crippen LogP contribution in [0.25, 0.3) is 0 Å². The van der Waals surface area contributed by atoms with E-state index in [1.165, 1.54) is 6.07 Å². The van der Waals surface area contributed by atoms with Crippen LogP contribution >= 0.6 is 15.9 Å². The van der Waals surface area contributed by atoms with Crippen LogP contribution < -0.4 is 0 Å². The fourth-order valence-electron chi connectivity index (χ4n) is 1.10. The van der Waals surface area contributed by atoms with Gasteiger partial charge >= 0.3 is 0 Å². The molecular formula is C8H5BrFN. The summed E-state index contributed by atoms with van der Waals surface area (Å²) in [5, 5.41) is 0. The number of fused-ring (bicyclic) bond motifs is 1. The van der Waals surface area contributed by atoms with Gasteiger partial charge < -0.3 is 0 Å². The minimum Gasteiger partial charge on any atom is -0.288 e. The van der Waals surface area contributed by atoms with E-state index < -0.39 is 0 Å². The molecule has 0 amide bonds. The molecule has 0 bridgehead atoms. The van der Waals surface area contributed by atoms with Crippen LogP contribution in [0.5, 0.6) is 0 Å². The van der Waals surface area contributed by atoms with Crippen LogP contribution in [0, 0.1) is 5.82 Å². The van der Waals surface area contributed by atoms with Gasteiger partial charge in [0.1, 0.15) is 5.82 Å². The van der Waals surface area contributed by atoms with E-state index in [4.69, 9.17) is 0 Å². The Hall–Kier alpha value is -0.700. The first-order valence-electron chi connectivity index (χ1n) is 3.25. The van der Waals surface area contributed by atoms with Crippen molar-refractivity contribution < 1.29 is 4.39 Å². The van der Waals surface area contributed by atoms with Crippen molar-refractivity contribution >= 4 is 22.1 Å². The van der Waals surface area contributed by atoms with Crippen LogP contribution in [0.4, 0.5) is 4.39 Å². The molecule has 1 nitrogen and oxygen atoms in total. The molecule has 11 heavy (non-hydrogen) atoms. The van der Waals surface area contributed by atoms with Crippen molar-refractivity contribution in [1.29, 1.82) is 0 Å². The van der Waals surface area contributed by atoms with E-state index in [9.17, 15) is 4.39 Å². The lowest BCUT2D eigenvalue weighted by Crippen LogP contribution is -1.87. The highest BCUT2D eigenvalue weighted by molar-refractivity contribution is 9.10. The van der Waals surface area contributed by atoms with Crippen LogP contribution in [-0.4, -0.2) is 6.21 Å². The highest BCUT2D eigenvalue weighted by Crippen LogP contribution is 2.22. The molecule has 0 saturated heterocycles. The molecule has 0 aromatic heterocycles. The van der Waals surface area contributed by atoms with Gasteiger partial charge in [0.05, 0.1) is 11.0 Å². The summed E-state index contributed by atoms with van der Waals surface area (Å²) in [5.41, 5.74) is 1.98. The first kappa shape index (κ1) is 6.98. The molecule has 0 spiro atoms. The van der Waals surface area contributed by atoms with Crippen molar-refractivity contribution in [3.05, 3.63) is 33.5 Å². The molecule has 0 N–H and O–H groups in total. The Morgan fingerprint density at radius 2 is 2.27 bits per heavy atom. The molecular weight excluding hydrogens is 209 g/mol. The van der Waals surface area contributed by atoms with Crippen molar-refractivity contribution in [3.8, 4) is 0 Å². The zero-order valence-electron chi connectivity index (χ0n) is 5.64. The minimum absolute atomic E-state index is 0.225. The predicted molar refractivity (Wildman–Crippen MR) is 45.4 cm³/mol. The number of nitrogens with zero attached hydrogens (tertiary/aromatic N) is 1. The van der Waals surface area contributed by atoms with Crippen molar-refractivity contribution in [3.63, 3.8) is 0 Å². The van der Waals surface area contributed by atoms with Gasteiger partial charge in [-0.1, -0.05) is 0 Å². The third-order valence-electron chi connectivity index (χ3n) is 1.67. The monoisotopic (exact) mass is 213 g/mol. The van der Waals surface area contributed by atoms with Gasteiger partial charge in [-0.3, -0.25) is 4.99 Å². The summed E-state index contributed by atoms with van der Waals surface area (Å²) in [5.74, 6) is -0.225. The number of halogens is 2. The molecule has 1 aromatic rings. The van der Waals surface area contributed by atoms with Gasteiger partial charge in [0.25, 0.3) is 0 Å². The van der Waals surface area contributed by atoms with Crippen molar-refractivity contribution in [2.75, 3.05) is 0 Å². The van der Waals surface area contributed by atoms with Crippen LogP contribution in [0.3, 0.4) is 0 Å². The Morgan fingerprint density at radius 3 is 3.09 bits per heavy atom. The molecule has 0 atom stereocenters. The van der Waals surface area contributed by atoms with E-state index in [0.717, 1.165) is 11.1 Å². The van der Waals surface area contributed by atoms with Gasteiger partial charge in [0.2, 0.25) is 0 Å². The Kier molecular flexibility index (Phi) is 1.53. The van der Waals surface area contributed by atoms with E-state index in [-0.39, 0.29) is 5.82 Å². The number of hydrogen-bond acceptors (Lipinski definition) is 1. The maximum Gasteiger partial charge on any atom is 0.138 e. The minimum atomic E-state index is -0.225. The molecule has 1 heterocycles. The summed E-state index contributed by atoms with van der Waals surface area (Å²) in [7, 11) is 0. The molecule has 0 saturated carbocycles. The predicted octanol–water partition coefficient (Wildman–Crippen LogP) is 2.52. The Morgan fingerprint density at radius 1 is 1.45 bits per heavy atom. The van der Waals surface area contributed by atoms with E-state index in [0.29, 0.717) is 11.0 Å². The molecule has 0 aliphatic carbocycles. The number of hydrogen-bond donors (Lipinski definition) is 0. The van der Waals surface area contributed by atoms with E-state index >= 15 is 0 Å². The van der Waals surface area contributed by atoms with Crippen LogP contribution in [0.15, 0.2) is 21.6 Å². The summed E-state index contributed by atoms with van der Waals surface area (Å²) in [6.45, 7) is 0.675. The fourth-order valence-corrected chi connectivity index (χ4v) is 1.49. The lowest BCUT2D eigenvalue weighted by Gasteiger charge is -1.98. The first-order chi connectivity index (χ1) is 5.27. The lowest BCUT2D eigenvalue weighted by molar-refractivity contribution is 0.620. The van der Waals surface area contributed by atoms with Crippen LogP contribution in [0.1, 0.15) is 11.1 Å². The molecule has 1 aliphatic heterocycles. The summed E-state index contributed by atoms with van der Waals surface area (Å²) in [6.07, 6.45) is 1.70. The Labute approximate surface area is 72.1 Å². The normalized spacial score (nSPS) is 13.6. The summed E-state index contributed by atoms with van der Waals surface area (Å²) in [6, 6.07) is 3.27. The first-order valence-corrected chi connectivity index (χ1v) is 4.04. The van der Waals surface area contributed by atoms with Crippen LogP contribution in [-0.2, 0) is 6.54 Å². The molecule has 3 heteroatoms. The topological polar surface area (TPSA) is 12.4 Å². The number of benzene rings is 1. The molecule has 0 unspecified atom stereocenters. The fraction of sp³-hybridized carbons (Fsp3) is 0.125. The van der Waals surface area contributed by atoms with Gasteiger partial charge in [-0.15, -0.1) is 0 Å². The number of rotatable bonds is 0. The third-order valence-corrected chi connectivity index (χ3v) is 2.28. The van der Waals surface area contributed by atoms with E-state index in [1.54, 1.807) is 12.3 Å². The molecule has 1 aromatic carbocycles. The standard InChI is InChI=1S/C8H5BrFN/c9-7-1-5-3-11-4-6(5)2-8(7)10/h1-2,4H,3H2. The van der Waals surface area contributed by atoms with Crippen molar-refractivity contribution in [1.82, 2.24) is 0 Å². The van der Waals surface area contributed by atoms with Gasteiger partial charge in [0.15, 0.2) is 0 Å². The Balaban J connectivity index is 2.63. The second-order valence-corrected chi connectivity index (χ2v) is 3.29. The Bertz CT molecular complexity index is 333. The largest absolute Gasteiger partial charge is 0.288 e. The van der Waals surface area contributed by atoms with Gasteiger partial charge in [-0.2, -0.15) is 0 Å². The second kappa shape index (κ2) is 2.41. The molecule has 0 fully saturated rings. The smallest absolute Gasteiger partial charge is 0.138 e. The zero-order chi connectivity index (χ0) is 7.84. The quantitative estimate of drug-likeness (QED) is 0.629. The summed E-state index contributed by atoms with van der Waals surface area (Å²) >= 11 is 3.12. The zero-order valence-corrected chi connectivity index (χ0v) is 7.23. The average molecular weight is 214 g/mol. The van der Waals surface area contributed by atoms with Crippen molar-refractivity contribution in [2.24, 2.45) is 4.99 Å². The maximum atomic E-state index is 12.9. The third kappa shape index (κ3) is 1.09. The number of aliphatic imine (C=N–C) groups is 1. The maximum absolute atomic E-state index is 12.9. The summed E-state index contributed by atoms with van der Waals surface area (Å²) < 4.78 is 13.4. The SMILES string of the molecule is Fc1cc2c(cc1Br)CN=C2. The van der Waals surface area contributed by atoms with Gasteiger partial charge in [-0.05, 0) is 33.6 Å². The van der Waals surface area contributed by atoms with E-state index in [2.05, 4.69) is 20.9 Å².